The summed E-state index contributed by atoms with van der Waals surface area (Å²) in [5.41, 5.74) is 3.83. The van der Waals surface area contributed by atoms with Crippen LogP contribution in [0.5, 0.6) is 11.5 Å². The van der Waals surface area contributed by atoms with Crippen molar-refractivity contribution in [3.8, 4) is 11.5 Å². The molecule has 0 saturated heterocycles. The number of amides is 1. The van der Waals surface area contributed by atoms with Gasteiger partial charge in [0.2, 0.25) is 0 Å². The Morgan fingerprint density at radius 3 is 1.50 bits per heavy atom. The van der Waals surface area contributed by atoms with Crippen molar-refractivity contribution in [2.24, 2.45) is 0 Å². The molecule has 0 atom stereocenters. The van der Waals surface area contributed by atoms with E-state index in [2.05, 4.69) is 154 Å². The molecule has 6 aromatic rings. The second kappa shape index (κ2) is 12.2. The van der Waals surface area contributed by atoms with Crippen molar-refractivity contribution >= 4 is 39.4 Å². The minimum atomic E-state index is -3.30. The maximum absolute atomic E-state index is 14.3. The molecule has 1 heterocycles. The van der Waals surface area contributed by atoms with Gasteiger partial charge in [0.05, 0.1) is 0 Å². The molecule has 0 unspecified atom stereocenters. The molecule has 0 aromatic heterocycles. The third-order valence-corrected chi connectivity index (χ3v) is 16.5. The van der Waals surface area contributed by atoms with Crippen LogP contribution in [0.3, 0.4) is 0 Å². The fraction of sp³-hybridized carbons (Fsp3) is 0.159. The Bertz CT molecular complexity index is 1940. The van der Waals surface area contributed by atoms with E-state index in [4.69, 9.17) is 4.74 Å². The summed E-state index contributed by atoms with van der Waals surface area (Å²) >= 11 is 0. The van der Waals surface area contributed by atoms with E-state index in [0.717, 1.165) is 33.9 Å². The van der Waals surface area contributed by atoms with Crippen LogP contribution in [-0.4, -0.2) is 12.6 Å². The molecule has 0 saturated carbocycles. The van der Waals surface area contributed by atoms with Gasteiger partial charge in [-0.05, 0) is 0 Å². The van der Waals surface area contributed by atoms with E-state index in [1.165, 1.54) is 21.2 Å². The van der Waals surface area contributed by atoms with Crippen LogP contribution in [0, 0.1) is 0 Å². The molecule has 240 valence electrons. The fourth-order valence-corrected chi connectivity index (χ4v) is 13.0. The summed E-state index contributed by atoms with van der Waals surface area (Å²) in [6.45, 7) is 5.78. The minimum absolute atomic E-state index is 0.0234. The van der Waals surface area contributed by atoms with Gasteiger partial charge >= 0.3 is 285 Å². The van der Waals surface area contributed by atoms with Crippen molar-refractivity contribution < 1.29 is 9.53 Å². The van der Waals surface area contributed by atoms with Crippen LogP contribution in [0.1, 0.15) is 49.8 Å². The predicted molar refractivity (Wildman–Crippen MR) is 204 cm³/mol. The maximum atomic E-state index is 14.3. The molecule has 3 nitrogen and oxygen atoms in total. The summed E-state index contributed by atoms with van der Waals surface area (Å²) < 4.78 is 6.23. The summed E-state index contributed by atoms with van der Waals surface area (Å²) in [5, 5.41) is 8.48. The Labute approximate surface area is 284 Å². The third kappa shape index (κ3) is 5.24. The van der Waals surface area contributed by atoms with Crippen molar-refractivity contribution in [2.75, 3.05) is 12.0 Å². The van der Waals surface area contributed by atoms with Gasteiger partial charge in [0.1, 0.15) is 0 Å². The van der Waals surface area contributed by atoms with Crippen LogP contribution in [-0.2, 0) is 10.2 Å². The van der Waals surface area contributed by atoms with Gasteiger partial charge in [0.25, 0.3) is 0 Å². The topological polar surface area (TPSA) is 38.3 Å². The predicted octanol–water partition coefficient (Wildman–Crippen LogP) is 9.04. The molecule has 1 aliphatic heterocycles. The fourth-order valence-electron chi connectivity index (χ4n) is 7.55. The number of nitrogens with one attached hydrogen (secondary N) is 1. The molecule has 7 rings (SSSR count). The summed E-state index contributed by atoms with van der Waals surface area (Å²) in [7, 11) is 0. The number of hydrogen-bond acceptors (Lipinski definition) is 2. The van der Waals surface area contributed by atoms with E-state index in [0.29, 0.717) is 6.42 Å². The first kappa shape index (κ1) is 31.6. The zero-order valence-corrected chi connectivity index (χ0v) is 29.0. The standard InChI is InChI=1S/C44H42NO2P/c1-44(2,3)39-29-28-35(48(4,32-18-8-5-9-19-32,33-20-10-6-11-21-33)34-22-12-7-13-23-34)30-40(39)45-43(46)31-38-36-24-14-16-26-41(36)47-42-27-17-15-25-37(38)42/h5-30,38H,31H2,1-4H3,(H,45,46). The molecule has 0 spiro atoms. The molecule has 0 bridgehead atoms. The summed E-state index contributed by atoms with van der Waals surface area (Å²) in [5.74, 6) is 1.48. The normalized spacial score (nSPS) is 13.7. The zero-order chi connectivity index (χ0) is 33.4. The van der Waals surface area contributed by atoms with Gasteiger partial charge in [-0.2, -0.15) is 0 Å². The van der Waals surface area contributed by atoms with Gasteiger partial charge in [-0.1, -0.05) is 0 Å². The SMILES string of the molecule is CC(C)(C)c1ccc(P(C)(c2ccccc2)(c2ccccc2)c2ccccc2)cc1NC(=O)CC1c2ccccc2Oc2ccccc21. The number of para-hydroxylation sites is 2. The summed E-state index contributed by atoms with van der Waals surface area (Å²) in [4.78, 5) is 14.3. The van der Waals surface area contributed by atoms with Gasteiger partial charge in [-0.15, -0.1) is 0 Å². The summed E-state index contributed by atoms with van der Waals surface area (Å²) in [6.07, 6.45) is 0.303. The second-order valence-corrected chi connectivity index (χ2v) is 19.2. The number of carbonyl (C=O) groups excluding carboxylic acids is 1. The molecule has 1 aliphatic rings. The molecule has 1 N–H and O–H groups in total. The average molecular weight is 648 g/mol. The quantitative estimate of drug-likeness (QED) is 0.176. The monoisotopic (exact) mass is 647 g/mol. The second-order valence-electron chi connectivity index (χ2n) is 14.0. The first-order chi connectivity index (χ1) is 23.2. The van der Waals surface area contributed by atoms with Crippen molar-refractivity contribution in [1.29, 1.82) is 0 Å². The molecule has 6 aromatic carbocycles. The Morgan fingerprint density at radius 2 is 1.04 bits per heavy atom. The Morgan fingerprint density at radius 1 is 0.604 bits per heavy atom. The Hall–Kier alpha value is -4.98. The molecule has 0 aliphatic carbocycles. The van der Waals surface area contributed by atoms with Crippen molar-refractivity contribution in [1.82, 2.24) is 0 Å². The van der Waals surface area contributed by atoms with E-state index in [1.54, 1.807) is 0 Å². The molecule has 0 radical (unpaired) electrons. The number of fused-ring (bicyclic) bond motifs is 2. The van der Waals surface area contributed by atoms with Crippen molar-refractivity contribution in [3.05, 3.63) is 174 Å². The first-order valence-electron chi connectivity index (χ1n) is 16.7. The Kier molecular flexibility index (Phi) is 8.06. The van der Waals surface area contributed by atoms with Gasteiger partial charge in [0, 0.05) is 0 Å². The van der Waals surface area contributed by atoms with Gasteiger partial charge in [-0.25, -0.2) is 0 Å². The molecule has 48 heavy (non-hydrogen) atoms. The molecular formula is C44H42NO2P. The number of hydrogen-bond donors (Lipinski definition) is 1. The molecule has 1 amide bonds. The number of rotatable bonds is 7. The van der Waals surface area contributed by atoms with Gasteiger partial charge in [0.15, 0.2) is 0 Å². The summed E-state index contributed by atoms with van der Waals surface area (Å²) in [6, 6.07) is 55.7. The van der Waals surface area contributed by atoms with Crippen LogP contribution in [0.25, 0.3) is 0 Å². The Balaban J connectivity index is 1.39. The molecule has 0 fully saturated rings. The van der Waals surface area contributed by atoms with Crippen LogP contribution in [0.2, 0.25) is 0 Å². The number of ether oxygens (including phenoxy) is 1. The van der Waals surface area contributed by atoms with Gasteiger partial charge < -0.3 is 0 Å². The van der Waals surface area contributed by atoms with E-state index < -0.39 is 6.60 Å². The van der Waals surface area contributed by atoms with Crippen molar-refractivity contribution in [3.63, 3.8) is 0 Å². The zero-order valence-electron chi connectivity index (χ0n) is 28.1. The first-order valence-corrected chi connectivity index (χ1v) is 19.4. The number of anilines is 1. The van der Waals surface area contributed by atoms with Crippen LogP contribution >= 0.6 is 6.60 Å². The number of carbonyl (C=O) groups is 1. The molecular weight excluding hydrogens is 605 g/mol. The van der Waals surface area contributed by atoms with Gasteiger partial charge in [-0.3, -0.25) is 0 Å². The van der Waals surface area contributed by atoms with Crippen molar-refractivity contribution in [2.45, 2.75) is 38.5 Å². The molecule has 4 heteroatoms. The third-order valence-electron chi connectivity index (χ3n) is 10.1. The van der Waals surface area contributed by atoms with Crippen LogP contribution in [0.15, 0.2) is 158 Å². The van der Waals surface area contributed by atoms with E-state index >= 15 is 0 Å². The van der Waals surface area contributed by atoms with Crippen LogP contribution < -0.4 is 31.3 Å². The number of benzene rings is 6. The van der Waals surface area contributed by atoms with E-state index in [9.17, 15) is 4.79 Å². The average Bonchev–Trinajstić information content (AvgIpc) is 3.12. The van der Waals surface area contributed by atoms with Crippen LogP contribution in [0.4, 0.5) is 5.69 Å². The van der Waals surface area contributed by atoms with E-state index in [1.807, 2.05) is 36.4 Å². The van der Waals surface area contributed by atoms with E-state index in [-0.39, 0.29) is 17.2 Å².